The van der Waals surface area contributed by atoms with Crippen LogP contribution in [0.25, 0.3) is 0 Å². The van der Waals surface area contributed by atoms with Gasteiger partial charge in [-0.1, -0.05) is 48.9 Å². The molecule has 7 heteroatoms. The number of fused-ring (bicyclic) bond motifs is 1. The van der Waals surface area contributed by atoms with Crippen LogP contribution in [0.3, 0.4) is 0 Å². The maximum atomic E-state index is 12.5. The average molecular weight is 401 g/mol. The first-order valence-corrected chi connectivity index (χ1v) is 9.66. The van der Waals surface area contributed by atoms with Crippen LogP contribution in [-0.4, -0.2) is 25.0 Å². The summed E-state index contributed by atoms with van der Waals surface area (Å²) in [5.41, 5.74) is 1.30. The maximum Gasteiger partial charge on any atom is 0.313 e. The van der Waals surface area contributed by atoms with Crippen molar-refractivity contribution in [2.45, 2.75) is 19.4 Å². The number of hydrogen-bond acceptors (Lipinski definition) is 4. The van der Waals surface area contributed by atoms with Gasteiger partial charge in [0.05, 0.1) is 16.8 Å². The van der Waals surface area contributed by atoms with Crippen molar-refractivity contribution in [3.8, 4) is 11.5 Å². The molecule has 2 amide bonds. The molecule has 1 aliphatic heterocycles. The van der Waals surface area contributed by atoms with Crippen LogP contribution in [0.2, 0.25) is 5.02 Å². The molecule has 1 saturated carbocycles. The molecule has 2 aliphatic rings. The van der Waals surface area contributed by atoms with Crippen molar-refractivity contribution in [1.29, 1.82) is 0 Å². The zero-order valence-electron chi connectivity index (χ0n) is 15.4. The summed E-state index contributed by atoms with van der Waals surface area (Å²) in [6.07, 6.45) is 1.02. The lowest BCUT2D eigenvalue weighted by Crippen LogP contribution is -2.38. The first-order valence-electron chi connectivity index (χ1n) is 9.29. The highest BCUT2D eigenvalue weighted by atomic mass is 35.5. The van der Waals surface area contributed by atoms with Gasteiger partial charge in [-0.15, -0.1) is 0 Å². The normalized spacial score (nSPS) is 20.8. The molecular weight excluding hydrogens is 380 g/mol. The summed E-state index contributed by atoms with van der Waals surface area (Å²) in [7, 11) is 0. The van der Waals surface area contributed by atoms with E-state index in [-0.39, 0.29) is 11.1 Å². The van der Waals surface area contributed by atoms with Gasteiger partial charge in [-0.3, -0.25) is 9.59 Å². The van der Waals surface area contributed by atoms with E-state index in [4.69, 9.17) is 21.1 Å². The van der Waals surface area contributed by atoms with Gasteiger partial charge in [-0.25, -0.2) is 0 Å². The second-order valence-electron chi connectivity index (χ2n) is 7.17. The standard InChI is InChI=1S/C21H21ClN2O4/c1-12-9-14(12)19(13-5-3-2-4-6-13)24-21(26)20(25)23-16-11-18-17(10-15(16)22)27-7-8-28-18/h2-6,10-12,14,19H,7-9H2,1H3,(H,23,25)(H,24,26). The van der Waals surface area contributed by atoms with Gasteiger partial charge < -0.3 is 20.1 Å². The monoisotopic (exact) mass is 400 g/mol. The van der Waals surface area contributed by atoms with E-state index in [0.717, 1.165) is 12.0 Å². The van der Waals surface area contributed by atoms with E-state index < -0.39 is 11.8 Å². The topological polar surface area (TPSA) is 76.7 Å². The van der Waals surface area contributed by atoms with Crippen molar-refractivity contribution >= 4 is 29.1 Å². The smallest absolute Gasteiger partial charge is 0.313 e. The quantitative estimate of drug-likeness (QED) is 0.769. The number of hydrogen-bond donors (Lipinski definition) is 2. The Morgan fingerprint density at radius 1 is 1.07 bits per heavy atom. The number of carbonyl (C=O) groups excluding carboxylic acids is 2. The Labute approximate surface area is 168 Å². The van der Waals surface area contributed by atoms with E-state index in [1.54, 1.807) is 12.1 Å². The summed E-state index contributed by atoms with van der Waals surface area (Å²) < 4.78 is 11.0. The minimum Gasteiger partial charge on any atom is -0.486 e. The van der Waals surface area contributed by atoms with Crippen LogP contribution in [0.1, 0.15) is 24.9 Å². The van der Waals surface area contributed by atoms with Crippen molar-refractivity contribution in [1.82, 2.24) is 5.32 Å². The summed E-state index contributed by atoms with van der Waals surface area (Å²) in [6.45, 7) is 3.00. The largest absolute Gasteiger partial charge is 0.486 e. The zero-order chi connectivity index (χ0) is 19.7. The molecule has 146 valence electrons. The lowest BCUT2D eigenvalue weighted by Gasteiger charge is -2.21. The Kier molecular flexibility index (Phi) is 5.13. The van der Waals surface area contributed by atoms with Crippen LogP contribution in [0, 0.1) is 11.8 Å². The summed E-state index contributed by atoms with van der Waals surface area (Å²) in [6, 6.07) is 12.7. The van der Waals surface area contributed by atoms with Gasteiger partial charge in [0.1, 0.15) is 13.2 Å². The van der Waals surface area contributed by atoms with Crippen LogP contribution >= 0.6 is 11.6 Å². The molecule has 3 atom stereocenters. The van der Waals surface area contributed by atoms with Gasteiger partial charge >= 0.3 is 11.8 Å². The minimum absolute atomic E-state index is 0.190. The van der Waals surface area contributed by atoms with Crippen molar-refractivity contribution < 1.29 is 19.1 Å². The Hall–Kier alpha value is -2.73. The minimum atomic E-state index is -0.771. The number of nitrogens with one attached hydrogen (secondary N) is 2. The second kappa shape index (κ2) is 7.72. The predicted octanol–water partition coefficient (Wildman–Crippen LogP) is 3.56. The molecule has 0 spiro atoms. The van der Waals surface area contributed by atoms with Crippen molar-refractivity contribution in [2.75, 3.05) is 18.5 Å². The Bertz CT molecular complexity index is 903. The van der Waals surface area contributed by atoms with Crippen molar-refractivity contribution in [3.05, 3.63) is 53.1 Å². The Morgan fingerprint density at radius 2 is 1.71 bits per heavy atom. The van der Waals surface area contributed by atoms with Gasteiger partial charge in [-0.05, 0) is 23.8 Å². The van der Waals surface area contributed by atoms with E-state index in [9.17, 15) is 9.59 Å². The van der Waals surface area contributed by atoms with Gasteiger partial charge in [0.2, 0.25) is 0 Å². The highest BCUT2D eigenvalue weighted by Crippen LogP contribution is 2.47. The van der Waals surface area contributed by atoms with E-state index in [1.165, 1.54) is 0 Å². The zero-order valence-corrected chi connectivity index (χ0v) is 16.2. The van der Waals surface area contributed by atoms with Crippen LogP contribution in [0.15, 0.2) is 42.5 Å². The molecule has 2 aromatic rings. The first-order chi connectivity index (χ1) is 13.5. The Morgan fingerprint density at radius 3 is 2.36 bits per heavy atom. The van der Waals surface area contributed by atoms with E-state index >= 15 is 0 Å². The lowest BCUT2D eigenvalue weighted by atomic mass is 10.0. The van der Waals surface area contributed by atoms with E-state index in [2.05, 4.69) is 17.6 Å². The number of ether oxygens (including phenoxy) is 2. The second-order valence-corrected chi connectivity index (χ2v) is 7.58. The van der Waals surface area contributed by atoms with Crippen LogP contribution < -0.4 is 20.1 Å². The molecule has 1 fully saturated rings. The van der Waals surface area contributed by atoms with E-state index in [1.807, 2.05) is 30.3 Å². The van der Waals surface area contributed by atoms with Gasteiger partial charge in [0.15, 0.2) is 11.5 Å². The molecule has 2 N–H and O–H groups in total. The van der Waals surface area contributed by atoms with Gasteiger partial charge in [0, 0.05) is 12.1 Å². The average Bonchev–Trinajstić information content (AvgIpc) is 3.43. The predicted molar refractivity (Wildman–Crippen MR) is 106 cm³/mol. The number of halogens is 1. The number of anilines is 1. The van der Waals surface area contributed by atoms with Crippen LogP contribution in [0.5, 0.6) is 11.5 Å². The van der Waals surface area contributed by atoms with Crippen LogP contribution in [-0.2, 0) is 9.59 Å². The third kappa shape index (κ3) is 3.92. The summed E-state index contributed by atoms with van der Waals surface area (Å²) >= 11 is 6.21. The molecule has 0 radical (unpaired) electrons. The third-order valence-electron chi connectivity index (χ3n) is 5.13. The van der Waals surface area contributed by atoms with E-state index in [0.29, 0.717) is 42.2 Å². The molecule has 0 bridgehead atoms. The third-order valence-corrected chi connectivity index (χ3v) is 5.44. The fourth-order valence-corrected chi connectivity index (χ4v) is 3.66. The number of carbonyl (C=O) groups is 2. The van der Waals surface area contributed by atoms with Crippen molar-refractivity contribution in [2.24, 2.45) is 11.8 Å². The fourth-order valence-electron chi connectivity index (χ4n) is 3.46. The summed E-state index contributed by atoms with van der Waals surface area (Å²) in [5, 5.41) is 5.73. The SMILES string of the molecule is CC1CC1C(NC(=O)C(=O)Nc1cc2c(cc1Cl)OCCO2)c1ccccc1. The molecule has 1 heterocycles. The fraction of sp³-hybridized carbons (Fsp3) is 0.333. The maximum absolute atomic E-state index is 12.5. The molecule has 0 aromatic heterocycles. The van der Waals surface area contributed by atoms with Gasteiger partial charge in [-0.2, -0.15) is 0 Å². The van der Waals surface area contributed by atoms with Crippen molar-refractivity contribution in [3.63, 3.8) is 0 Å². The molecule has 1 aliphatic carbocycles. The first kappa shape index (κ1) is 18.6. The van der Waals surface area contributed by atoms with Gasteiger partial charge in [0.25, 0.3) is 0 Å². The van der Waals surface area contributed by atoms with Crippen LogP contribution in [0.4, 0.5) is 5.69 Å². The summed E-state index contributed by atoms with van der Waals surface area (Å²) in [4.78, 5) is 25.0. The highest BCUT2D eigenvalue weighted by molar-refractivity contribution is 6.41. The Balaban J connectivity index is 1.47. The molecule has 4 rings (SSSR count). The molecule has 2 aromatic carbocycles. The molecule has 28 heavy (non-hydrogen) atoms. The number of benzene rings is 2. The molecule has 6 nitrogen and oxygen atoms in total. The lowest BCUT2D eigenvalue weighted by molar-refractivity contribution is -0.136. The molecular formula is C21H21ClN2O4. The number of amides is 2. The highest BCUT2D eigenvalue weighted by Gasteiger charge is 2.41. The number of rotatable bonds is 4. The molecule has 0 saturated heterocycles. The summed E-state index contributed by atoms with van der Waals surface area (Å²) in [5.74, 6) is 0.385. The molecule has 3 unspecified atom stereocenters.